The van der Waals surface area contributed by atoms with Crippen molar-refractivity contribution < 1.29 is 9.72 Å². The normalized spacial score (nSPS) is 9.50. The lowest BCUT2D eigenvalue weighted by molar-refractivity contribution is -0.384. The van der Waals surface area contributed by atoms with Gasteiger partial charge < -0.3 is 9.88 Å². The highest BCUT2D eigenvalue weighted by atomic mass is 16.6. The number of rotatable bonds is 4. The molecule has 16 heavy (non-hydrogen) atoms. The molecule has 0 saturated carbocycles. The minimum absolute atomic E-state index is 0.0987. The van der Waals surface area contributed by atoms with Crippen LogP contribution in [0.25, 0.3) is 0 Å². The Morgan fingerprint density at radius 2 is 2.44 bits per heavy atom. The van der Waals surface area contributed by atoms with Gasteiger partial charge in [0.05, 0.1) is 17.7 Å². The number of nitrogens with zero attached hydrogens (tertiary/aromatic N) is 2. The van der Waals surface area contributed by atoms with Crippen molar-refractivity contribution in [3.8, 4) is 12.3 Å². The van der Waals surface area contributed by atoms with Crippen molar-refractivity contribution in [2.45, 2.75) is 13.5 Å². The number of carbonyl (C=O) groups is 1. The van der Waals surface area contributed by atoms with E-state index in [-0.39, 0.29) is 17.9 Å². The third-order valence-corrected chi connectivity index (χ3v) is 2.02. The zero-order chi connectivity index (χ0) is 12.1. The molecule has 0 fully saturated rings. The molecule has 1 amide bonds. The van der Waals surface area contributed by atoms with Crippen LogP contribution >= 0.6 is 0 Å². The van der Waals surface area contributed by atoms with Crippen LogP contribution in [0.2, 0.25) is 0 Å². The van der Waals surface area contributed by atoms with Crippen molar-refractivity contribution in [1.29, 1.82) is 0 Å². The molecule has 0 radical (unpaired) electrons. The minimum atomic E-state index is -0.538. The first-order valence-electron chi connectivity index (χ1n) is 4.66. The summed E-state index contributed by atoms with van der Waals surface area (Å²) in [6.07, 6.45) is 6.32. The van der Waals surface area contributed by atoms with E-state index >= 15 is 0 Å². The molecule has 0 saturated heterocycles. The lowest BCUT2D eigenvalue weighted by Gasteiger charge is -2.04. The van der Waals surface area contributed by atoms with Crippen molar-refractivity contribution in [2.24, 2.45) is 0 Å². The van der Waals surface area contributed by atoms with Gasteiger partial charge in [0, 0.05) is 12.6 Å². The maximum atomic E-state index is 11.6. The highest BCUT2D eigenvalue weighted by Crippen LogP contribution is 2.16. The Hall–Kier alpha value is -2.29. The summed E-state index contributed by atoms with van der Waals surface area (Å²) in [5.41, 5.74) is 0.136. The van der Waals surface area contributed by atoms with Crippen molar-refractivity contribution in [2.75, 3.05) is 6.54 Å². The molecule has 1 aromatic heterocycles. The summed E-state index contributed by atoms with van der Waals surface area (Å²) in [5, 5.41) is 13.0. The largest absolute Gasteiger partial charge is 0.340 e. The second kappa shape index (κ2) is 4.98. The molecule has 84 valence electrons. The van der Waals surface area contributed by atoms with Crippen molar-refractivity contribution in [1.82, 2.24) is 9.88 Å². The van der Waals surface area contributed by atoms with E-state index in [4.69, 9.17) is 6.42 Å². The topological polar surface area (TPSA) is 77.2 Å². The van der Waals surface area contributed by atoms with Gasteiger partial charge in [0.1, 0.15) is 5.69 Å². The summed E-state index contributed by atoms with van der Waals surface area (Å²) in [7, 11) is 0. The Bertz CT molecular complexity index is 456. The van der Waals surface area contributed by atoms with E-state index < -0.39 is 10.8 Å². The summed E-state index contributed by atoms with van der Waals surface area (Å²) in [6.45, 7) is 2.37. The molecular formula is C10H11N3O3. The van der Waals surface area contributed by atoms with Gasteiger partial charge in [-0.3, -0.25) is 14.9 Å². The molecule has 0 spiro atoms. The zero-order valence-corrected chi connectivity index (χ0v) is 8.77. The zero-order valence-electron chi connectivity index (χ0n) is 8.77. The van der Waals surface area contributed by atoms with Crippen LogP contribution in [-0.2, 0) is 6.54 Å². The van der Waals surface area contributed by atoms with Crippen LogP contribution in [-0.4, -0.2) is 21.9 Å². The summed E-state index contributed by atoms with van der Waals surface area (Å²) in [4.78, 5) is 21.6. The van der Waals surface area contributed by atoms with Gasteiger partial charge in [-0.25, -0.2) is 0 Å². The smallest absolute Gasteiger partial charge is 0.287 e. The molecule has 0 aliphatic rings. The van der Waals surface area contributed by atoms with Crippen LogP contribution in [0.15, 0.2) is 12.3 Å². The second-order valence-corrected chi connectivity index (χ2v) is 3.01. The SMILES string of the molecule is C#CCNC(=O)c1cc([N+](=O)[O-])cn1CC. The molecular weight excluding hydrogens is 210 g/mol. The van der Waals surface area contributed by atoms with Crippen molar-refractivity contribution in [3.63, 3.8) is 0 Å². The van der Waals surface area contributed by atoms with Gasteiger partial charge in [-0.05, 0) is 6.92 Å². The molecule has 0 aliphatic heterocycles. The Morgan fingerprint density at radius 1 is 1.75 bits per heavy atom. The van der Waals surface area contributed by atoms with E-state index in [0.29, 0.717) is 6.54 Å². The molecule has 0 unspecified atom stereocenters. The van der Waals surface area contributed by atoms with Gasteiger partial charge in [0.25, 0.3) is 11.6 Å². The third-order valence-electron chi connectivity index (χ3n) is 2.02. The van der Waals surface area contributed by atoms with E-state index in [1.165, 1.54) is 16.8 Å². The Kier molecular flexibility index (Phi) is 3.67. The molecule has 1 N–H and O–H groups in total. The first-order chi connectivity index (χ1) is 7.60. The predicted octanol–water partition coefficient (Wildman–Crippen LogP) is 0.779. The van der Waals surface area contributed by atoms with E-state index in [0.717, 1.165) is 0 Å². The van der Waals surface area contributed by atoms with Gasteiger partial charge in [-0.1, -0.05) is 5.92 Å². The number of aryl methyl sites for hydroxylation is 1. The number of aromatic nitrogens is 1. The Morgan fingerprint density at radius 3 is 2.94 bits per heavy atom. The number of carbonyl (C=O) groups excluding carboxylic acids is 1. The van der Waals surface area contributed by atoms with Gasteiger partial charge in [-0.2, -0.15) is 0 Å². The fourth-order valence-corrected chi connectivity index (χ4v) is 1.27. The molecule has 0 aromatic carbocycles. The number of nitrogens with one attached hydrogen (secondary N) is 1. The lowest BCUT2D eigenvalue weighted by Crippen LogP contribution is -2.25. The Balaban J connectivity index is 2.98. The molecule has 0 atom stereocenters. The number of terminal acetylenes is 1. The van der Waals surface area contributed by atoms with Gasteiger partial charge in [0.15, 0.2) is 0 Å². The molecule has 6 heteroatoms. The minimum Gasteiger partial charge on any atom is -0.340 e. The number of nitro groups is 1. The molecule has 1 aromatic rings. The van der Waals surface area contributed by atoms with E-state index in [1.54, 1.807) is 6.92 Å². The van der Waals surface area contributed by atoms with E-state index in [1.807, 2.05) is 0 Å². The van der Waals surface area contributed by atoms with Gasteiger partial charge in [0.2, 0.25) is 0 Å². The van der Waals surface area contributed by atoms with Crippen LogP contribution in [0.5, 0.6) is 0 Å². The molecule has 0 bridgehead atoms. The number of hydrogen-bond acceptors (Lipinski definition) is 3. The van der Waals surface area contributed by atoms with Gasteiger partial charge >= 0.3 is 0 Å². The fraction of sp³-hybridized carbons (Fsp3) is 0.300. The van der Waals surface area contributed by atoms with Crippen LogP contribution in [0.4, 0.5) is 5.69 Å². The second-order valence-electron chi connectivity index (χ2n) is 3.01. The molecule has 0 aliphatic carbocycles. The van der Waals surface area contributed by atoms with E-state index in [9.17, 15) is 14.9 Å². The third kappa shape index (κ3) is 2.39. The standard InChI is InChI=1S/C10H11N3O3/c1-3-5-11-10(14)9-6-8(13(15)16)7-12(9)4-2/h1,6-7H,4-5H2,2H3,(H,11,14). The highest BCUT2D eigenvalue weighted by Gasteiger charge is 2.17. The van der Waals surface area contributed by atoms with Crippen molar-refractivity contribution >= 4 is 11.6 Å². The Labute approximate surface area is 92.4 Å². The average Bonchev–Trinajstić information content (AvgIpc) is 2.69. The van der Waals surface area contributed by atoms with Crippen LogP contribution in [0.1, 0.15) is 17.4 Å². The summed E-state index contributed by atoms with van der Waals surface area (Å²) in [6, 6.07) is 1.23. The molecule has 1 heterocycles. The predicted molar refractivity (Wildman–Crippen MR) is 57.9 cm³/mol. The fourth-order valence-electron chi connectivity index (χ4n) is 1.27. The lowest BCUT2D eigenvalue weighted by atomic mass is 10.3. The monoisotopic (exact) mass is 221 g/mol. The summed E-state index contributed by atoms with van der Waals surface area (Å²) in [5.74, 6) is 1.85. The van der Waals surface area contributed by atoms with Crippen LogP contribution in [0.3, 0.4) is 0 Å². The van der Waals surface area contributed by atoms with Crippen LogP contribution in [0, 0.1) is 22.5 Å². The van der Waals surface area contributed by atoms with E-state index in [2.05, 4.69) is 11.2 Å². The maximum absolute atomic E-state index is 11.6. The maximum Gasteiger partial charge on any atom is 0.287 e. The number of amides is 1. The quantitative estimate of drug-likeness (QED) is 0.463. The highest BCUT2D eigenvalue weighted by molar-refractivity contribution is 5.93. The summed E-state index contributed by atoms with van der Waals surface area (Å²) < 4.78 is 1.50. The first kappa shape index (κ1) is 11.8. The molecule has 1 rings (SSSR count). The summed E-state index contributed by atoms with van der Waals surface area (Å²) >= 11 is 0. The van der Waals surface area contributed by atoms with Gasteiger partial charge in [-0.15, -0.1) is 6.42 Å². The molecule has 6 nitrogen and oxygen atoms in total. The first-order valence-corrected chi connectivity index (χ1v) is 4.66. The van der Waals surface area contributed by atoms with Crippen molar-refractivity contribution in [3.05, 3.63) is 28.1 Å². The number of hydrogen-bond donors (Lipinski definition) is 1. The van der Waals surface area contributed by atoms with Crippen LogP contribution < -0.4 is 5.32 Å². The average molecular weight is 221 g/mol.